The van der Waals surface area contributed by atoms with Crippen LogP contribution in [0.1, 0.15) is 46.9 Å². The zero-order valence-electron chi connectivity index (χ0n) is 9.29. The molecule has 3 heteroatoms. The Bertz CT molecular complexity index is 435. The fraction of sp³-hybridized carbons (Fsp3) is 0.385. The normalized spacial score (nSPS) is 14.1. The summed E-state index contributed by atoms with van der Waals surface area (Å²) < 4.78 is 5.53. The Hall–Kier alpha value is -1.64. The van der Waals surface area contributed by atoms with Crippen molar-refractivity contribution >= 4 is 11.6 Å². The molecule has 2 rings (SSSR count). The van der Waals surface area contributed by atoms with Crippen LogP contribution in [0.5, 0.6) is 5.75 Å². The van der Waals surface area contributed by atoms with Gasteiger partial charge in [-0.1, -0.05) is 25.5 Å². The van der Waals surface area contributed by atoms with Gasteiger partial charge in [0.15, 0.2) is 11.6 Å². The summed E-state index contributed by atoms with van der Waals surface area (Å²) in [6.45, 7) is 2.67. The molecule has 84 valence electrons. The summed E-state index contributed by atoms with van der Waals surface area (Å²) in [5.41, 5.74) is 0.989. The van der Waals surface area contributed by atoms with Crippen LogP contribution in [0, 0.1) is 0 Å². The monoisotopic (exact) mass is 218 g/mol. The topological polar surface area (TPSA) is 43.4 Å². The molecule has 0 aliphatic heterocycles. The molecule has 0 amide bonds. The van der Waals surface area contributed by atoms with Crippen LogP contribution >= 0.6 is 0 Å². The Morgan fingerprint density at radius 3 is 2.81 bits per heavy atom. The second-order valence-corrected chi connectivity index (χ2v) is 3.90. The van der Waals surface area contributed by atoms with Crippen LogP contribution in [0.4, 0.5) is 0 Å². The van der Waals surface area contributed by atoms with E-state index in [0.29, 0.717) is 23.5 Å². The van der Waals surface area contributed by atoms with Gasteiger partial charge in [0.25, 0.3) is 0 Å². The zero-order valence-corrected chi connectivity index (χ0v) is 9.29. The number of benzene rings is 1. The minimum absolute atomic E-state index is 0.0104. The molecule has 0 radical (unpaired) electrons. The van der Waals surface area contributed by atoms with E-state index in [-0.39, 0.29) is 18.0 Å². The molecule has 3 nitrogen and oxygen atoms in total. The zero-order chi connectivity index (χ0) is 11.5. The third kappa shape index (κ3) is 1.85. The SMILES string of the molecule is CCCCOc1cccc2c1C(=O)CC2=O. The maximum Gasteiger partial charge on any atom is 0.175 e. The van der Waals surface area contributed by atoms with Crippen LogP contribution in [0.25, 0.3) is 0 Å². The maximum absolute atomic E-state index is 11.6. The van der Waals surface area contributed by atoms with Crippen molar-refractivity contribution in [3.8, 4) is 5.75 Å². The molecule has 0 N–H and O–H groups in total. The average Bonchev–Trinajstić information content (AvgIpc) is 2.56. The number of hydrogen-bond donors (Lipinski definition) is 0. The molecule has 0 fully saturated rings. The lowest BCUT2D eigenvalue weighted by Crippen LogP contribution is -2.02. The highest BCUT2D eigenvalue weighted by Crippen LogP contribution is 2.30. The van der Waals surface area contributed by atoms with Gasteiger partial charge >= 0.3 is 0 Å². The Morgan fingerprint density at radius 1 is 1.25 bits per heavy atom. The van der Waals surface area contributed by atoms with Crippen molar-refractivity contribution < 1.29 is 14.3 Å². The van der Waals surface area contributed by atoms with Gasteiger partial charge < -0.3 is 4.74 Å². The van der Waals surface area contributed by atoms with Crippen molar-refractivity contribution in [2.24, 2.45) is 0 Å². The third-order valence-corrected chi connectivity index (χ3v) is 2.68. The Morgan fingerprint density at radius 2 is 2.06 bits per heavy atom. The van der Waals surface area contributed by atoms with Crippen LogP contribution in [0.15, 0.2) is 18.2 Å². The molecule has 1 aromatic rings. The van der Waals surface area contributed by atoms with Crippen LogP contribution in [0.2, 0.25) is 0 Å². The molecular weight excluding hydrogens is 204 g/mol. The highest BCUT2D eigenvalue weighted by molar-refractivity contribution is 6.25. The van der Waals surface area contributed by atoms with Crippen molar-refractivity contribution in [3.63, 3.8) is 0 Å². The summed E-state index contributed by atoms with van der Waals surface area (Å²) >= 11 is 0. The van der Waals surface area contributed by atoms with Gasteiger partial charge in [0.05, 0.1) is 18.6 Å². The summed E-state index contributed by atoms with van der Waals surface area (Å²) in [5.74, 6) is 0.342. The standard InChI is InChI=1S/C13H14O3/c1-2-3-7-16-12-6-4-5-9-10(14)8-11(15)13(9)12/h4-6H,2-3,7-8H2,1H3. The van der Waals surface area contributed by atoms with Crippen LogP contribution < -0.4 is 4.74 Å². The molecule has 16 heavy (non-hydrogen) atoms. The van der Waals surface area contributed by atoms with Crippen molar-refractivity contribution in [3.05, 3.63) is 29.3 Å². The lowest BCUT2D eigenvalue weighted by molar-refractivity contribution is 0.0922. The summed E-state index contributed by atoms with van der Waals surface area (Å²) in [6, 6.07) is 5.21. The first-order valence-corrected chi connectivity index (χ1v) is 5.56. The van der Waals surface area contributed by atoms with E-state index in [2.05, 4.69) is 6.92 Å². The van der Waals surface area contributed by atoms with Crippen molar-refractivity contribution in [2.75, 3.05) is 6.61 Å². The fourth-order valence-electron chi connectivity index (χ4n) is 1.83. The quantitative estimate of drug-likeness (QED) is 0.576. The van der Waals surface area contributed by atoms with Crippen molar-refractivity contribution in [2.45, 2.75) is 26.2 Å². The number of carbonyl (C=O) groups excluding carboxylic acids is 2. The number of ether oxygens (including phenoxy) is 1. The molecule has 1 aliphatic rings. The highest BCUT2D eigenvalue weighted by atomic mass is 16.5. The molecule has 0 saturated heterocycles. The minimum Gasteiger partial charge on any atom is -0.493 e. The average molecular weight is 218 g/mol. The number of Topliss-reactive ketones (excluding diaryl/α,β-unsaturated/α-hetero) is 2. The number of unbranched alkanes of at least 4 members (excludes halogenated alkanes) is 1. The molecule has 0 bridgehead atoms. The van der Waals surface area contributed by atoms with Crippen LogP contribution in [0.3, 0.4) is 0 Å². The Balaban J connectivity index is 2.27. The fourth-order valence-corrected chi connectivity index (χ4v) is 1.83. The van der Waals surface area contributed by atoms with Gasteiger partial charge in [0, 0.05) is 5.56 Å². The van der Waals surface area contributed by atoms with Gasteiger partial charge in [-0.2, -0.15) is 0 Å². The molecule has 1 aliphatic carbocycles. The van der Waals surface area contributed by atoms with E-state index in [4.69, 9.17) is 4.74 Å². The lowest BCUT2D eigenvalue weighted by Gasteiger charge is -2.08. The largest absolute Gasteiger partial charge is 0.493 e. The first kappa shape index (κ1) is 10.9. The Kier molecular flexibility index (Phi) is 3.04. The van der Waals surface area contributed by atoms with E-state index in [9.17, 15) is 9.59 Å². The number of fused-ring (bicyclic) bond motifs is 1. The predicted octanol–water partition coefficient (Wildman–Crippen LogP) is 2.63. The second kappa shape index (κ2) is 4.47. The Labute approximate surface area is 94.4 Å². The van der Waals surface area contributed by atoms with Crippen LogP contribution in [-0.4, -0.2) is 18.2 Å². The maximum atomic E-state index is 11.6. The highest BCUT2D eigenvalue weighted by Gasteiger charge is 2.30. The van der Waals surface area contributed by atoms with E-state index in [1.807, 2.05) is 0 Å². The molecule has 0 saturated carbocycles. The van der Waals surface area contributed by atoms with E-state index >= 15 is 0 Å². The molecule has 0 atom stereocenters. The summed E-state index contributed by atoms with van der Waals surface area (Å²) in [4.78, 5) is 23.1. The van der Waals surface area contributed by atoms with E-state index in [1.165, 1.54) is 0 Å². The van der Waals surface area contributed by atoms with Gasteiger partial charge in [-0.05, 0) is 12.5 Å². The molecule has 0 spiro atoms. The molecule has 0 unspecified atom stereocenters. The lowest BCUT2D eigenvalue weighted by atomic mass is 10.1. The van der Waals surface area contributed by atoms with Gasteiger partial charge in [-0.25, -0.2) is 0 Å². The predicted molar refractivity (Wildman–Crippen MR) is 60.1 cm³/mol. The van der Waals surface area contributed by atoms with Gasteiger partial charge in [0.2, 0.25) is 0 Å². The molecule has 0 aromatic heterocycles. The first-order chi connectivity index (χ1) is 7.74. The summed E-state index contributed by atoms with van der Waals surface area (Å²) in [7, 11) is 0. The minimum atomic E-state index is -0.118. The van der Waals surface area contributed by atoms with Crippen LogP contribution in [-0.2, 0) is 0 Å². The number of rotatable bonds is 4. The van der Waals surface area contributed by atoms with Gasteiger partial charge in [-0.15, -0.1) is 0 Å². The summed E-state index contributed by atoms with van der Waals surface area (Å²) in [5, 5.41) is 0. The molecule has 1 aromatic carbocycles. The van der Waals surface area contributed by atoms with E-state index in [1.54, 1.807) is 18.2 Å². The number of carbonyl (C=O) groups is 2. The molecule has 0 heterocycles. The van der Waals surface area contributed by atoms with Crippen molar-refractivity contribution in [1.29, 1.82) is 0 Å². The van der Waals surface area contributed by atoms with E-state index < -0.39 is 0 Å². The smallest absolute Gasteiger partial charge is 0.175 e. The number of ketones is 2. The second-order valence-electron chi connectivity index (χ2n) is 3.90. The van der Waals surface area contributed by atoms with Crippen molar-refractivity contribution in [1.82, 2.24) is 0 Å². The molecular formula is C13H14O3. The van der Waals surface area contributed by atoms with Gasteiger partial charge in [-0.3, -0.25) is 9.59 Å². The number of hydrogen-bond acceptors (Lipinski definition) is 3. The van der Waals surface area contributed by atoms with Gasteiger partial charge in [0.1, 0.15) is 5.75 Å². The first-order valence-electron chi connectivity index (χ1n) is 5.56. The summed E-state index contributed by atoms with van der Waals surface area (Å²) in [6.07, 6.45) is 1.98. The third-order valence-electron chi connectivity index (χ3n) is 2.68. The van der Waals surface area contributed by atoms with E-state index in [0.717, 1.165) is 12.8 Å².